The monoisotopic (exact) mass is 459 g/mol. The first-order chi connectivity index (χ1) is 16.2. The second-order valence-electron chi connectivity index (χ2n) is 7.34. The van der Waals surface area contributed by atoms with E-state index in [1.807, 2.05) is 18.2 Å². The molecular weight excluding hydrogens is 434 g/mol. The molecule has 0 unspecified atom stereocenters. The van der Waals surface area contributed by atoms with Crippen molar-refractivity contribution in [3.63, 3.8) is 0 Å². The van der Waals surface area contributed by atoms with Crippen LogP contribution in [0.15, 0.2) is 90.5 Å². The molecule has 33 heavy (non-hydrogen) atoms. The number of carbonyl (C=O) groups is 1. The van der Waals surface area contributed by atoms with Gasteiger partial charge in [0.15, 0.2) is 5.16 Å². The van der Waals surface area contributed by atoms with E-state index < -0.39 is 0 Å². The molecule has 2 aromatic heterocycles. The Kier molecular flexibility index (Phi) is 7.71. The number of aromatic nitrogens is 4. The molecule has 4 rings (SSSR count). The van der Waals surface area contributed by atoms with Crippen molar-refractivity contribution < 1.29 is 9.53 Å². The van der Waals surface area contributed by atoms with Gasteiger partial charge in [0.1, 0.15) is 6.33 Å². The van der Waals surface area contributed by atoms with E-state index in [-0.39, 0.29) is 17.6 Å². The molecule has 0 spiro atoms. The first-order valence-corrected chi connectivity index (χ1v) is 11.6. The van der Waals surface area contributed by atoms with Gasteiger partial charge in [-0.2, -0.15) is 0 Å². The van der Waals surface area contributed by atoms with Gasteiger partial charge in [0.05, 0.1) is 24.7 Å². The number of rotatable bonds is 10. The normalized spacial score (nSPS) is 10.8. The van der Waals surface area contributed by atoms with Crippen molar-refractivity contribution in [2.75, 3.05) is 19.4 Å². The zero-order valence-electron chi connectivity index (χ0n) is 18.3. The molecule has 0 atom stereocenters. The third kappa shape index (κ3) is 5.98. The van der Waals surface area contributed by atoms with E-state index in [0.717, 1.165) is 12.1 Å². The second kappa shape index (κ2) is 11.3. The molecule has 2 heterocycles. The smallest absolute Gasteiger partial charge is 0.230 e. The molecule has 0 aliphatic rings. The highest BCUT2D eigenvalue weighted by Crippen LogP contribution is 2.27. The average Bonchev–Trinajstić information content (AvgIpc) is 3.35. The van der Waals surface area contributed by atoms with Crippen LogP contribution in [0.5, 0.6) is 5.88 Å². The van der Waals surface area contributed by atoms with Gasteiger partial charge in [0.25, 0.3) is 0 Å². The van der Waals surface area contributed by atoms with Gasteiger partial charge in [-0.1, -0.05) is 72.4 Å². The lowest BCUT2D eigenvalue weighted by Crippen LogP contribution is -2.27. The van der Waals surface area contributed by atoms with E-state index in [0.29, 0.717) is 17.6 Å². The number of methoxy groups -OCH3 is 1. The number of amides is 1. The maximum Gasteiger partial charge on any atom is 0.230 e. The first-order valence-electron chi connectivity index (χ1n) is 10.6. The fraction of sp³-hybridized carbons (Fsp3) is 0.200. The zero-order chi connectivity index (χ0) is 22.9. The molecule has 7 nitrogen and oxygen atoms in total. The topological polar surface area (TPSA) is 81.9 Å². The molecule has 0 aliphatic heterocycles. The summed E-state index contributed by atoms with van der Waals surface area (Å²) in [4.78, 5) is 16.7. The van der Waals surface area contributed by atoms with Crippen LogP contribution < -0.4 is 10.1 Å². The number of hydrogen-bond donors (Lipinski definition) is 1. The molecule has 0 radical (unpaired) electrons. The van der Waals surface area contributed by atoms with E-state index in [1.54, 1.807) is 30.3 Å². The largest absolute Gasteiger partial charge is 0.481 e. The second-order valence-corrected chi connectivity index (χ2v) is 8.29. The lowest BCUT2D eigenvalue weighted by molar-refractivity contribution is -0.118. The summed E-state index contributed by atoms with van der Waals surface area (Å²) in [5.41, 5.74) is 3.29. The van der Waals surface area contributed by atoms with Crippen LogP contribution in [0.2, 0.25) is 0 Å². The molecule has 0 aliphatic carbocycles. The van der Waals surface area contributed by atoms with Crippen LogP contribution >= 0.6 is 11.8 Å². The predicted octanol–water partition coefficient (Wildman–Crippen LogP) is 4.10. The Balaban J connectivity index is 1.32. The zero-order valence-corrected chi connectivity index (χ0v) is 19.1. The molecule has 0 saturated carbocycles. The van der Waals surface area contributed by atoms with Crippen molar-refractivity contribution in [1.29, 1.82) is 0 Å². The Bertz CT molecular complexity index is 1110. The summed E-state index contributed by atoms with van der Waals surface area (Å²) in [6.07, 6.45) is 4.10. The molecule has 1 N–H and O–H groups in total. The van der Waals surface area contributed by atoms with Crippen LogP contribution in [0, 0.1) is 0 Å². The quantitative estimate of drug-likeness (QED) is 0.360. The van der Waals surface area contributed by atoms with Crippen molar-refractivity contribution in [2.45, 2.75) is 17.5 Å². The minimum absolute atomic E-state index is 0.0396. The Morgan fingerprint density at radius 1 is 1.03 bits per heavy atom. The number of nitrogens with zero attached hydrogens (tertiary/aromatic N) is 4. The van der Waals surface area contributed by atoms with E-state index in [9.17, 15) is 4.79 Å². The molecule has 0 bridgehead atoms. The fourth-order valence-corrected chi connectivity index (χ4v) is 4.33. The van der Waals surface area contributed by atoms with Crippen LogP contribution in [-0.4, -0.2) is 45.1 Å². The summed E-state index contributed by atoms with van der Waals surface area (Å²) in [5, 5.41) is 11.8. The SMILES string of the molecule is COc1ccc(-n2cnnc2SCC(=O)NCCC(c2ccccc2)c2ccccc2)cn1. The average molecular weight is 460 g/mol. The van der Waals surface area contributed by atoms with Crippen LogP contribution in [-0.2, 0) is 4.79 Å². The van der Waals surface area contributed by atoms with E-state index >= 15 is 0 Å². The molecule has 1 amide bonds. The lowest BCUT2D eigenvalue weighted by Gasteiger charge is -2.18. The Morgan fingerprint density at radius 2 is 1.73 bits per heavy atom. The summed E-state index contributed by atoms with van der Waals surface area (Å²) >= 11 is 1.34. The maximum absolute atomic E-state index is 12.5. The Labute approximate surface area is 197 Å². The lowest BCUT2D eigenvalue weighted by atomic mass is 9.88. The minimum atomic E-state index is -0.0396. The van der Waals surface area contributed by atoms with Gasteiger partial charge < -0.3 is 10.1 Å². The molecule has 0 fully saturated rings. The van der Waals surface area contributed by atoms with Crippen molar-refractivity contribution in [3.8, 4) is 11.6 Å². The van der Waals surface area contributed by atoms with Gasteiger partial charge in [0, 0.05) is 18.5 Å². The molecular formula is C25H25N5O2S. The molecule has 8 heteroatoms. The van der Waals surface area contributed by atoms with Gasteiger partial charge in [-0.15, -0.1) is 10.2 Å². The Hall–Kier alpha value is -3.65. The third-order valence-corrected chi connectivity index (χ3v) is 6.16. The third-order valence-electron chi connectivity index (χ3n) is 5.22. The first kappa shape index (κ1) is 22.5. The van der Waals surface area contributed by atoms with Crippen molar-refractivity contribution in [1.82, 2.24) is 25.1 Å². The van der Waals surface area contributed by atoms with E-state index in [4.69, 9.17) is 4.74 Å². The summed E-state index contributed by atoms with van der Waals surface area (Å²) in [5.74, 6) is 0.974. The number of pyridine rings is 1. The number of carbonyl (C=O) groups excluding carboxylic acids is 1. The molecule has 4 aromatic rings. The summed E-state index contributed by atoms with van der Waals surface area (Å²) in [7, 11) is 1.57. The number of ether oxygens (including phenoxy) is 1. The van der Waals surface area contributed by atoms with Crippen LogP contribution in [0.1, 0.15) is 23.5 Å². The van der Waals surface area contributed by atoms with E-state index in [2.05, 4.69) is 69.0 Å². The standard InChI is InChI=1S/C25H25N5O2S/c1-32-24-13-12-21(16-27-24)30-18-28-29-25(30)33-17-23(31)26-15-14-22(19-8-4-2-5-9-19)20-10-6-3-7-11-20/h2-13,16,18,22H,14-15,17H2,1H3,(H,26,31). The van der Waals surface area contributed by atoms with Gasteiger partial charge in [-0.05, 0) is 23.6 Å². The maximum atomic E-state index is 12.5. The highest BCUT2D eigenvalue weighted by molar-refractivity contribution is 7.99. The van der Waals surface area contributed by atoms with Crippen molar-refractivity contribution in [3.05, 3.63) is 96.4 Å². The van der Waals surface area contributed by atoms with Gasteiger partial charge in [0.2, 0.25) is 11.8 Å². The fourth-order valence-electron chi connectivity index (χ4n) is 3.57. The minimum Gasteiger partial charge on any atom is -0.481 e. The predicted molar refractivity (Wildman–Crippen MR) is 129 cm³/mol. The number of nitrogens with one attached hydrogen (secondary N) is 1. The molecule has 0 saturated heterocycles. The summed E-state index contributed by atoms with van der Waals surface area (Å²) in [6.45, 7) is 0.586. The number of hydrogen-bond acceptors (Lipinski definition) is 6. The van der Waals surface area contributed by atoms with Crippen LogP contribution in [0.4, 0.5) is 0 Å². The number of benzene rings is 2. The summed E-state index contributed by atoms with van der Waals surface area (Å²) < 4.78 is 6.89. The molecule has 168 valence electrons. The van der Waals surface area contributed by atoms with Crippen molar-refractivity contribution >= 4 is 17.7 Å². The van der Waals surface area contributed by atoms with Crippen LogP contribution in [0.25, 0.3) is 5.69 Å². The van der Waals surface area contributed by atoms with Gasteiger partial charge in [-0.3, -0.25) is 9.36 Å². The highest BCUT2D eigenvalue weighted by Gasteiger charge is 2.15. The highest BCUT2D eigenvalue weighted by atomic mass is 32.2. The van der Waals surface area contributed by atoms with Gasteiger partial charge >= 0.3 is 0 Å². The van der Waals surface area contributed by atoms with Gasteiger partial charge in [-0.25, -0.2) is 4.98 Å². The van der Waals surface area contributed by atoms with Crippen LogP contribution in [0.3, 0.4) is 0 Å². The Morgan fingerprint density at radius 3 is 2.33 bits per heavy atom. The molecule has 2 aromatic carbocycles. The van der Waals surface area contributed by atoms with Crippen molar-refractivity contribution in [2.24, 2.45) is 0 Å². The number of thioether (sulfide) groups is 1. The summed E-state index contributed by atoms with van der Waals surface area (Å²) in [6, 6.07) is 24.4. The van der Waals surface area contributed by atoms with E-state index in [1.165, 1.54) is 22.9 Å².